The second-order valence-corrected chi connectivity index (χ2v) is 4.51. The molecule has 5 heteroatoms. The number of fused-ring (bicyclic) bond motifs is 1. The third kappa shape index (κ3) is 1.85. The maximum atomic E-state index is 6.04. The van der Waals surface area contributed by atoms with Gasteiger partial charge in [-0.1, -0.05) is 41.4 Å². The summed E-state index contributed by atoms with van der Waals surface area (Å²) >= 11 is 11.9. The highest BCUT2D eigenvalue weighted by atomic mass is 35.5. The second kappa shape index (κ2) is 4.17. The predicted octanol–water partition coefficient (Wildman–Crippen LogP) is 3.39. The van der Waals surface area contributed by atoms with Crippen molar-refractivity contribution in [3.8, 4) is 16.9 Å². The Morgan fingerprint density at radius 3 is 2.88 bits per heavy atom. The Hall–Kier alpha value is -1.32. The first-order chi connectivity index (χ1) is 8.25. The molecule has 0 fully saturated rings. The van der Waals surface area contributed by atoms with Gasteiger partial charge in [-0.3, -0.25) is 0 Å². The van der Waals surface area contributed by atoms with E-state index >= 15 is 0 Å². The van der Waals surface area contributed by atoms with Gasteiger partial charge in [0.05, 0.1) is 6.61 Å². The molecule has 3 nitrogen and oxygen atoms in total. The highest BCUT2D eigenvalue weighted by Gasteiger charge is 2.19. The number of rotatable bonds is 1. The van der Waals surface area contributed by atoms with Gasteiger partial charge >= 0.3 is 0 Å². The summed E-state index contributed by atoms with van der Waals surface area (Å²) < 4.78 is 5.63. The fourth-order valence-electron chi connectivity index (χ4n) is 1.97. The summed E-state index contributed by atoms with van der Waals surface area (Å²) in [7, 11) is 0. The van der Waals surface area contributed by atoms with Gasteiger partial charge in [0.25, 0.3) is 0 Å². The number of para-hydroxylation sites is 1. The second-order valence-electron chi connectivity index (χ2n) is 3.76. The van der Waals surface area contributed by atoms with Crippen LogP contribution in [0.25, 0.3) is 11.1 Å². The SMILES string of the molecule is Clc1cc(-c2cccc3c2OCC3)c(Cl)nn1. The summed E-state index contributed by atoms with van der Waals surface area (Å²) in [6.45, 7) is 0.705. The molecule has 0 atom stereocenters. The Bertz CT molecular complexity index is 587. The number of nitrogens with zero attached hydrogens (tertiary/aromatic N) is 2. The van der Waals surface area contributed by atoms with Gasteiger partial charge in [0.2, 0.25) is 0 Å². The average molecular weight is 267 g/mol. The molecule has 0 spiro atoms. The summed E-state index contributed by atoms with van der Waals surface area (Å²) in [4.78, 5) is 0. The molecular weight excluding hydrogens is 259 g/mol. The molecule has 2 aromatic rings. The molecule has 0 saturated heterocycles. The van der Waals surface area contributed by atoms with Crippen LogP contribution in [0.4, 0.5) is 0 Å². The Kier molecular flexibility index (Phi) is 2.65. The van der Waals surface area contributed by atoms with Gasteiger partial charge in [0.15, 0.2) is 10.3 Å². The molecule has 1 aromatic heterocycles. The lowest BCUT2D eigenvalue weighted by Crippen LogP contribution is -1.92. The number of hydrogen-bond acceptors (Lipinski definition) is 3. The van der Waals surface area contributed by atoms with Crippen molar-refractivity contribution in [2.45, 2.75) is 6.42 Å². The normalized spacial score (nSPS) is 13.3. The van der Waals surface area contributed by atoms with Gasteiger partial charge in [0, 0.05) is 17.5 Å². The van der Waals surface area contributed by atoms with E-state index < -0.39 is 0 Å². The molecule has 1 aliphatic heterocycles. The first-order valence-electron chi connectivity index (χ1n) is 5.19. The molecular formula is C12H8Cl2N2O. The number of ether oxygens (including phenoxy) is 1. The monoisotopic (exact) mass is 266 g/mol. The molecule has 0 saturated carbocycles. The van der Waals surface area contributed by atoms with E-state index in [-0.39, 0.29) is 0 Å². The maximum absolute atomic E-state index is 6.04. The fourth-order valence-corrected chi connectivity index (χ4v) is 2.31. The molecule has 2 heterocycles. The molecule has 0 aliphatic carbocycles. The van der Waals surface area contributed by atoms with Gasteiger partial charge in [0.1, 0.15) is 5.75 Å². The Labute approximate surface area is 108 Å². The minimum Gasteiger partial charge on any atom is -0.492 e. The number of aromatic nitrogens is 2. The summed E-state index contributed by atoms with van der Waals surface area (Å²) in [6.07, 6.45) is 0.924. The topological polar surface area (TPSA) is 35.0 Å². The summed E-state index contributed by atoms with van der Waals surface area (Å²) in [5.74, 6) is 0.874. The lowest BCUT2D eigenvalue weighted by molar-refractivity contribution is 0.358. The zero-order chi connectivity index (χ0) is 11.8. The van der Waals surface area contributed by atoms with E-state index in [0.29, 0.717) is 16.9 Å². The van der Waals surface area contributed by atoms with E-state index in [1.54, 1.807) is 6.07 Å². The largest absolute Gasteiger partial charge is 0.492 e. The van der Waals surface area contributed by atoms with Gasteiger partial charge in [-0.15, -0.1) is 10.2 Å². The van der Waals surface area contributed by atoms with Crippen molar-refractivity contribution in [3.63, 3.8) is 0 Å². The van der Waals surface area contributed by atoms with Gasteiger partial charge in [-0.05, 0) is 11.6 Å². The highest BCUT2D eigenvalue weighted by molar-refractivity contribution is 6.33. The molecule has 0 radical (unpaired) electrons. The van der Waals surface area contributed by atoms with Crippen LogP contribution in [0.1, 0.15) is 5.56 Å². The smallest absolute Gasteiger partial charge is 0.159 e. The zero-order valence-corrected chi connectivity index (χ0v) is 10.3. The Morgan fingerprint density at radius 2 is 2.00 bits per heavy atom. The minimum absolute atomic E-state index is 0.319. The van der Waals surface area contributed by atoms with Crippen LogP contribution in [0.2, 0.25) is 10.3 Å². The molecule has 0 bridgehead atoms. The fraction of sp³-hybridized carbons (Fsp3) is 0.167. The third-order valence-electron chi connectivity index (χ3n) is 2.72. The van der Waals surface area contributed by atoms with Gasteiger partial charge in [-0.25, -0.2) is 0 Å². The molecule has 0 N–H and O–H groups in total. The first kappa shape index (κ1) is 10.8. The van der Waals surface area contributed by atoms with Crippen LogP contribution >= 0.6 is 23.2 Å². The maximum Gasteiger partial charge on any atom is 0.159 e. The van der Waals surface area contributed by atoms with Crippen molar-refractivity contribution in [1.82, 2.24) is 10.2 Å². The lowest BCUT2D eigenvalue weighted by Gasteiger charge is -2.08. The van der Waals surface area contributed by atoms with Crippen LogP contribution in [0.5, 0.6) is 5.75 Å². The lowest BCUT2D eigenvalue weighted by atomic mass is 10.0. The number of halogens is 2. The molecule has 0 unspecified atom stereocenters. The standard InChI is InChI=1S/C12H8Cl2N2O/c13-10-6-9(12(14)16-15-10)8-3-1-2-7-4-5-17-11(7)8/h1-3,6H,4-5H2. The summed E-state index contributed by atoms with van der Waals surface area (Å²) in [5.41, 5.74) is 2.86. The molecule has 3 rings (SSSR count). The average Bonchev–Trinajstić information content (AvgIpc) is 2.80. The van der Waals surface area contributed by atoms with Crippen molar-refractivity contribution in [2.75, 3.05) is 6.61 Å². The van der Waals surface area contributed by atoms with E-state index in [4.69, 9.17) is 27.9 Å². The minimum atomic E-state index is 0.319. The van der Waals surface area contributed by atoms with E-state index in [1.807, 2.05) is 12.1 Å². The summed E-state index contributed by atoms with van der Waals surface area (Å²) in [6, 6.07) is 7.68. The van der Waals surface area contributed by atoms with Crippen molar-refractivity contribution in [2.24, 2.45) is 0 Å². The van der Waals surface area contributed by atoms with Crippen LogP contribution in [-0.2, 0) is 6.42 Å². The molecule has 86 valence electrons. The molecule has 1 aliphatic rings. The van der Waals surface area contributed by atoms with Gasteiger partial charge < -0.3 is 4.74 Å². The highest BCUT2D eigenvalue weighted by Crippen LogP contribution is 2.39. The van der Waals surface area contributed by atoms with E-state index in [2.05, 4.69) is 16.3 Å². The zero-order valence-electron chi connectivity index (χ0n) is 8.78. The molecule has 1 aromatic carbocycles. The molecule has 17 heavy (non-hydrogen) atoms. The van der Waals surface area contributed by atoms with Crippen LogP contribution in [-0.4, -0.2) is 16.8 Å². The van der Waals surface area contributed by atoms with E-state index in [1.165, 1.54) is 5.56 Å². The van der Waals surface area contributed by atoms with Crippen molar-refractivity contribution in [3.05, 3.63) is 40.1 Å². The summed E-state index contributed by atoms with van der Waals surface area (Å²) in [5, 5.41) is 8.16. The molecule has 0 amide bonds. The Morgan fingerprint density at radius 1 is 1.12 bits per heavy atom. The predicted molar refractivity (Wildman–Crippen MR) is 66.7 cm³/mol. The van der Waals surface area contributed by atoms with E-state index in [0.717, 1.165) is 23.3 Å². The van der Waals surface area contributed by atoms with Crippen molar-refractivity contribution in [1.29, 1.82) is 0 Å². The Balaban J connectivity index is 2.22. The van der Waals surface area contributed by atoms with Crippen molar-refractivity contribution < 1.29 is 4.74 Å². The van der Waals surface area contributed by atoms with Crippen LogP contribution in [0, 0.1) is 0 Å². The van der Waals surface area contributed by atoms with Crippen LogP contribution in [0.3, 0.4) is 0 Å². The van der Waals surface area contributed by atoms with Gasteiger partial charge in [-0.2, -0.15) is 0 Å². The number of benzene rings is 1. The quantitative estimate of drug-likeness (QED) is 0.794. The van der Waals surface area contributed by atoms with Crippen LogP contribution in [0.15, 0.2) is 24.3 Å². The number of hydrogen-bond donors (Lipinski definition) is 0. The van der Waals surface area contributed by atoms with Crippen molar-refractivity contribution >= 4 is 23.2 Å². The van der Waals surface area contributed by atoms with Crippen LogP contribution < -0.4 is 4.74 Å². The van der Waals surface area contributed by atoms with E-state index in [9.17, 15) is 0 Å². The first-order valence-corrected chi connectivity index (χ1v) is 5.95. The third-order valence-corrected chi connectivity index (χ3v) is 3.19.